The van der Waals surface area contributed by atoms with Gasteiger partial charge in [0.1, 0.15) is 5.82 Å². The van der Waals surface area contributed by atoms with Crippen molar-refractivity contribution in [1.29, 1.82) is 0 Å². The minimum absolute atomic E-state index is 0.174. The van der Waals surface area contributed by atoms with Crippen LogP contribution in [0.1, 0.15) is 12.0 Å². The van der Waals surface area contributed by atoms with Gasteiger partial charge in [-0.2, -0.15) is 0 Å². The van der Waals surface area contributed by atoms with Crippen LogP contribution in [0.3, 0.4) is 0 Å². The number of likely N-dealkylation sites (tertiary alicyclic amines) is 1. The molecule has 1 aliphatic rings. The van der Waals surface area contributed by atoms with Gasteiger partial charge < -0.3 is 15.5 Å². The van der Waals surface area contributed by atoms with Crippen molar-refractivity contribution in [1.82, 2.24) is 4.90 Å². The molecule has 0 radical (unpaired) electrons. The molecule has 18 heavy (non-hydrogen) atoms. The van der Waals surface area contributed by atoms with Crippen molar-refractivity contribution in [2.75, 3.05) is 38.6 Å². The maximum atomic E-state index is 13.9. The second-order valence-corrected chi connectivity index (χ2v) is 5.29. The quantitative estimate of drug-likeness (QED) is 0.883. The van der Waals surface area contributed by atoms with E-state index in [1.54, 1.807) is 0 Å². The standard InChI is InChI=1S/C14H22FN3/c1-17-6-5-12(9-17)10-18(2)14-4-3-11(8-16)7-13(14)15/h3-4,7,12H,5-6,8-10,16H2,1-2H3. The summed E-state index contributed by atoms with van der Waals surface area (Å²) in [5, 5.41) is 0. The van der Waals surface area contributed by atoms with E-state index in [0.29, 0.717) is 18.2 Å². The van der Waals surface area contributed by atoms with Crippen molar-refractivity contribution >= 4 is 5.69 Å². The molecule has 0 amide bonds. The molecule has 2 N–H and O–H groups in total. The monoisotopic (exact) mass is 251 g/mol. The van der Waals surface area contributed by atoms with E-state index < -0.39 is 0 Å². The molecule has 1 aliphatic heterocycles. The Balaban J connectivity index is 2.02. The summed E-state index contributed by atoms with van der Waals surface area (Å²) in [5.74, 6) is 0.459. The van der Waals surface area contributed by atoms with Crippen LogP contribution >= 0.6 is 0 Å². The molecule has 1 atom stereocenters. The molecule has 1 aromatic carbocycles. The third kappa shape index (κ3) is 3.00. The Kier molecular flexibility index (Phi) is 4.19. The van der Waals surface area contributed by atoms with Crippen molar-refractivity contribution in [3.05, 3.63) is 29.6 Å². The average Bonchev–Trinajstić information content (AvgIpc) is 2.74. The van der Waals surface area contributed by atoms with Crippen LogP contribution in [0, 0.1) is 11.7 Å². The van der Waals surface area contributed by atoms with Crippen LogP contribution in [0.25, 0.3) is 0 Å². The van der Waals surface area contributed by atoms with Gasteiger partial charge in [0, 0.05) is 26.7 Å². The minimum atomic E-state index is -0.174. The highest BCUT2D eigenvalue weighted by Crippen LogP contribution is 2.23. The van der Waals surface area contributed by atoms with E-state index >= 15 is 0 Å². The van der Waals surface area contributed by atoms with Gasteiger partial charge in [0.25, 0.3) is 0 Å². The largest absolute Gasteiger partial charge is 0.372 e. The van der Waals surface area contributed by atoms with E-state index in [9.17, 15) is 4.39 Å². The molecule has 4 heteroatoms. The first-order valence-electron chi connectivity index (χ1n) is 6.48. The zero-order chi connectivity index (χ0) is 13.1. The van der Waals surface area contributed by atoms with E-state index in [1.165, 1.54) is 12.5 Å². The summed E-state index contributed by atoms with van der Waals surface area (Å²) in [6, 6.07) is 5.26. The maximum absolute atomic E-state index is 13.9. The summed E-state index contributed by atoms with van der Waals surface area (Å²) in [4.78, 5) is 4.34. The number of anilines is 1. The number of nitrogens with two attached hydrogens (primary N) is 1. The topological polar surface area (TPSA) is 32.5 Å². The van der Waals surface area contributed by atoms with Gasteiger partial charge in [0.15, 0.2) is 0 Å². The van der Waals surface area contributed by atoms with Crippen LogP contribution in [-0.4, -0.2) is 38.6 Å². The van der Waals surface area contributed by atoms with Crippen molar-refractivity contribution in [3.63, 3.8) is 0 Å². The Bertz CT molecular complexity index is 408. The lowest BCUT2D eigenvalue weighted by Gasteiger charge is -2.23. The fourth-order valence-corrected chi connectivity index (χ4v) is 2.65. The first-order chi connectivity index (χ1) is 8.60. The predicted octanol–water partition coefficient (Wildman–Crippen LogP) is 1.67. The van der Waals surface area contributed by atoms with Crippen molar-refractivity contribution in [3.8, 4) is 0 Å². The lowest BCUT2D eigenvalue weighted by Crippen LogP contribution is -2.27. The van der Waals surface area contributed by atoms with Crippen LogP contribution in [0.5, 0.6) is 0 Å². The molecule has 1 saturated heterocycles. The molecule has 0 bridgehead atoms. The predicted molar refractivity (Wildman–Crippen MR) is 73.2 cm³/mol. The minimum Gasteiger partial charge on any atom is -0.372 e. The van der Waals surface area contributed by atoms with Gasteiger partial charge in [-0.15, -0.1) is 0 Å². The lowest BCUT2D eigenvalue weighted by atomic mass is 10.1. The van der Waals surface area contributed by atoms with Gasteiger partial charge >= 0.3 is 0 Å². The molecule has 1 heterocycles. The number of rotatable bonds is 4. The molecule has 1 fully saturated rings. The second-order valence-electron chi connectivity index (χ2n) is 5.29. The Morgan fingerprint density at radius 1 is 1.50 bits per heavy atom. The number of halogens is 1. The fraction of sp³-hybridized carbons (Fsp3) is 0.571. The van der Waals surface area contributed by atoms with Crippen LogP contribution in [0.4, 0.5) is 10.1 Å². The molecule has 1 aromatic rings. The molecular weight excluding hydrogens is 229 g/mol. The molecule has 2 rings (SSSR count). The van der Waals surface area contributed by atoms with Crippen molar-refractivity contribution in [2.24, 2.45) is 11.7 Å². The summed E-state index contributed by atoms with van der Waals surface area (Å²) < 4.78 is 13.9. The van der Waals surface area contributed by atoms with Crippen molar-refractivity contribution in [2.45, 2.75) is 13.0 Å². The van der Waals surface area contributed by atoms with E-state index in [0.717, 1.165) is 25.2 Å². The second kappa shape index (κ2) is 5.67. The molecule has 100 valence electrons. The Hall–Kier alpha value is -1.13. The van der Waals surface area contributed by atoms with Gasteiger partial charge in [-0.05, 0) is 43.6 Å². The van der Waals surface area contributed by atoms with Crippen LogP contribution in [0.15, 0.2) is 18.2 Å². The normalized spacial score (nSPS) is 20.3. The van der Waals surface area contributed by atoms with Gasteiger partial charge in [-0.1, -0.05) is 6.07 Å². The fourth-order valence-electron chi connectivity index (χ4n) is 2.65. The summed E-state index contributed by atoms with van der Waals surface area (Å²) in [6.45, 7) is 3.54. The highest BCUT2D eigenvalue weighted by molar-refractivity contribution is 5.48. The number of nitrogens with zero attached hydrogens (tertiary/aromatic N) is 2. The molecule has 0 spiro atoms. The van der Waals surface area contributed by atoms with Gasteiger partial charge in [0.2, 0.25) is 0 Å². The molecule has 0 saturated carbocycles. The highest BCUT2D eigenvalue weighted by Gasteiger charge is 2.21. The number of hydrogen-bond acceptors (Lipinski definition) is 3. The molecule has 0 aromatic heterocycles. The number of hydrogen-bond donors (Lipinski definition) is 1. The summed E-state index contributed by atoms with van der Waals surface area (Å²) >= 11 is 0. The maximum Gasteiger partial charge on any atom is 0.146 e. The number of benzene rings is 1. The third-order valence-electron chi connectivity index (χ3n) is 3.68. The third-order valence-corrected chi connectivity index (χ3v) is 3.68. The SMILES string of the molecule is CN1CCC(CN(C)c2ccc(CN)cc2F)C1. The average molecular weight is 251 g/mol. The molecule has 0 aliphatic carbocycles. The van der Waals surface area contributed by atoms with Crippen LogP contribution in [-0.2, 0) is 6.54 Å². The smallest absolute Gasteiger partial charge is 0.146 e. The zero-order valence-corrected chi connectivity index (χ0v) is 11.2. The molecular formula is C14H22FN3. The van der Waals surface area contributed by atoms with E-state index in [-0.39, 0.29) is 5.82 Å². The lowest BCUT2D eigenvalue weighted by molar-refractivity contribution is 0.395. The Morgan fingerprint density at radius 2 is 2.28 bits per heavy atom. The van der Waals surface area contributed by atoms with Gasteiger partial charge in [0.05, 0.1) is 5.69 Å². The molecule has 3 nitrogen and oxygen atoms in total. The summed E-state index contributed by atoms with van der Waals surface area (Å²) in [6.07, 6.45) is 1.20. The molecule has 1 unspecified atom stereocenters. The highest BCUT2D eigenvalue weighted by atomic mass is 19.1. The zero-order valence-electron chi connectivity index (χ0n) is 11.2. The van der Waals surface area contributed by atoms with E-state index in [4.69, 9.17) is 5.73 Å². The van der Waals surface area contributed by atoms with Crippen LogP contribution < -0.4 is 10.6 Å². The van der Waals surface area contributed by atoms with Crippen molar-refractivity contribution < 1.29 is 4.39 Å². The van der Waals surface area contributed by atoms with Gasteiger partial charge in [-0.3, -0.25) is 0 Å². The van der Waals surface area contributed by atoms with E-state index in [2.05, 4.69) is 11.9 Å². The summed E-state index contributed by atoms with van der Waals surface area (Å²) in [7, 11) is 4.09. The van der Waals surface area contributed by atoms with E-state index in [1.807, 2.05) is 24.1 Å². The Labute approximate surface area is 108 Å². The first kappa shape index (κ1) is 13.3. The van der Waals surface area contributed by atoms with Crippen LogP contribution in [0.2, 0.25) is 0 Å². The summed E-state index contributed by atoms with van der Waals surface area (Å²) in [5.41, 5.74) is 7.01. The first-order valence-corrected chi connectivity index (χ1v) is 6.48. The van der Waals surface area contributed by atoms with Gasteiger partial charge in [-0.25, -0.2) is 4.39 Å². The Morgan fingerprint density at radius 3 is 2.83 bits per heavy atom.